The third-order valence-corrected chi connectivity index (χ3v) is 4.97. The Labute approximate surface area is 153 Å². The van der Waals surface area contributed by atoms with Gasteiger partial charge in [-0.25, -0.2) is 4.98 Å². The van der Waals surface area contributed by atoms with Crippen molar-refractivity contribution in [3.05, 3.63) is 70.5 Å². The van der Waals surface area contributed by atoms with Crippen LogP contribution in [0.1, 0.15) is 29.6 Å². The van der Waals surface area contributed by atoms with Gasteiger partial charge in [0.2, 0.25) is 5.89 Å². The summed E-state index contributed by atoms with van der Waals surface area (Å²) in [6, 6.07) is 10.9. The molecular weight excluding hydrogens is 352 g/mol. The molecular formula is C18H16N4O3S. The number of furan rings is 1. The molecule has 132 valence electrons. The van der Waals surface area contributed by atoms with Gasteiger partial charge in [-0.05, 0) is 38.1 Å². The Morgan fingerprint density at radius 1 is 1.19 bits per heavy atom. The summed E-state index contributed by atoms with van der Waals surface area (Å²) < 4.78 is 12.3. The van der Waals surface area contributed by atoms with E-state index >= 15 is 0 Å². The van der Waals surface area contributed by atoms with Crippen molar-refractivity contribution in [2.24, 2.45) is 0 Å². The molecule has 0 aliphatic rings. The Kier molecular flexibility index (Phi) is 4.34. The number of aryl methyl sites for hydroxylation is 1. The standard InChI is InChI=1S/C18H16N4O3S/c1-11(16-19-12(2)21-25-16)26-18-20-15-8-4-3-7-14(15)17(23)22(18)10-13-6-5-9-24-13/h3-9,11H,10H2,1-2H3. The molecule has 0 spiro atoms. The lowest BCUT2D eigenvalue weighted by Crippen LogP contribution is -2.24. The molecule has 1 unspecified atom stereocenters. The molecule has 3 heterocycles. The molecule has 0 bridgehead atoms. The van der Waals surface area contributed by atoms with Gasteiger partial charge >= 0.3 is 0 Å². The van der Waals surface area contributed by atoms with Crippen molar-refractivity contribution in [2.45, 2.75) is 30.8 Å². The summed E-state index contributed by atoms with van der Waals surface area (Å²) in [6.07, 6.45) is 1.59. The summed E-state index contributed by atoms with van der Waals surface area (Å²) in [6.45, 7) is 4.02. The van der Waals surface area contributed by atoms with Crippen LogP contribution in [0.25, 0.3) is 10.9 Å². The summed E-state index contributed by atoms with van der Waals surface area (Å²) in [5, 5.41) is 4.83. The van der Waals surface area contributed by atoms with Crippen LogP contribution in [0.4, 0.5) is 0 Å². The van der Waals surface area contributed by atoms with Gasteiger partial charge in [-0.1, -0.05) is 29.1 Å². The molecule has 8 heteroatoms. The predicted molar refractivity (Wildman–Crippen MR) is 97.1 cm³/mol. The third kappa shape index (κ3) is 3.15. The highest BCUT2D eigenvalue weighted by molar-refractivity contribution is 7.99. The molecule has 0 saturated carbocycles. The van der Waals surface area contributed by atoms with Crippen molar-refractivity contribution in [1.29, 1.82) is 0 Å². The van der Waals surface area contributed by atoms with Crippen molar-refractivity contribution >= 4 is 22.7 Å². The topological polar surface area (TPSA) is 87.0 Å². The lowest BCUT2D eigenvalue weighted by atomic mass is 10.2. The molecule has 0 aliphatic carbocycles. The minimum atomic E-state index is -0.146. The number of para-hydroxylation sites is 1. The maximum absolute atomic E-state index is 13.0. The Hall–Kier alpha value is -2.87. The highest BCUT2D eigenvalue weighted by atomic mass is 32.2. The highest BCUT2D eigenvalue weighted by Crippen LogP contribution is 2.33. The van der Waals surface area contributed by atoms with Gasteiger partial charge in [0.15, 0.2) is 11.0 Å². The number of hydrogen-bond donors (Lipinski definition) is 0. The monoisotopic (exact) mass is 368 g/mol. The Morgan fingerprint density at radius 2 is 2.04 bits per heavy atom. The van der Waals surface area contributed by atoms with Crippen LogP contribution in [0.2, 0.25) is 0 Å². The second-order valence-corrected chi connectivity index (χ2v) is 7.13. The van der Waals surface area contributed by atoms with Crippen molar-refractivity contribution in [3.8, 4) is 0 Å². The largest absolute Gasteiger partial charge is 0.467 e. The predicted octanol–water partition coefficient (Wildman–Crippen LogP) is 3.58. The smallest absolute Gasteiger partial charge is 0.262 e. The lowest BCUT2D eigenvalue weighted by molar-refractivity contribution is 0.376. The van der Waals surface area contributed by atoms with E-state index in [1.807, 2.05) is 31.2 Å². The van der Waals surface area contributed by atoms with E-state index in [9.17, 15) is 4.79 Å². The number of hydrogen-bond acceptors (Lipinski definition) is 7. The Balaban J connectivity index is 1.79. The van der Waals surface area contributed by atoms with Crippen molar-refractivity contribution < 1.29 is 8.94 Å². The van der Waals surface area contributed by atoms with E-state index in [2.05, 4.69) is 15.1 Å². The second kappa shape index (κ2) is 6.80. The normalized spacial score (nSPS) is 12.5. The molecule has 4 rings (SSSR count). The molecule has 3 aromatic heterocycles. The first kappa shape index (κ1) is 16.6. The quantitative estimate of drug-likeness (QED) is 0.393. The Morgan fingerprint density at radius 3 is 2.77 bits per heavy atom. The number of aromatic nitrogens is 4. The van der Waals surface area contributed by atoms with Gasteiger partial charge in [0, 0.05) is 0 Å². The Bertz CT molecular complexity index is 1100. The molecule has 0 aliphatic heterocycles. The number of thioether (sulfide) groups is 1. The number of nitrogens with zero attached hydrogens (tertiary/aromatic N) is 4. The molecule has 7 nitrogen and oxygen atoms in total. The van der Waals surface area contributed by atoms with Crippen LogP contribution in [0.15, 0.2) is 61.6 Å². The fraction of sp³-hybridized carbons (Fsp3) is 0.222. The van der Waals surface area contributed by atoms with E-state index in [1.165, 1.54) is 11.8 Å². The van der Waals surface area contributed by atoms with Crippen LogP contribution < -0.4 is 5.56 Å². The van der Waals surface area contributed by atoms with E-state index in [-0.39, 0.29) is 10.8 Å². The molecule has 4 aromatic rings. The van der Waals surface area contributed by atoms with Crippen LogP contribution in [0, 0.1) is 6.92 Å². The summed E-state index contributed by atoms with van der Waals surface area (Å²) >= 11 is 1.40. The summed E-state index contributed by atoms with van der Waals surface area (Å²) in [4.78, 5) is 22.0. The fourth-order valence-corrected chi connectivity index (χ4v) is 3.56. The van der Waals surface area contributed by atoms with Crippen LogP contribution in [0.5, 0.6) is 0 Å². The molecule has 1 atom stereocenters. The molecule has 0 N–H and O–H groups in total. The zero-order valence-corrected chi connectivity index (χ0v) is 15.1. The van der Waals surface area contributed by atoms with Gasteiger partial charge in [-0.3, -0.25) is 9.36 Å². The van der Waals surface area contributed by atoms with Gasteiger partial charge in [-0.15, -0.1) is 0 Å². The first-order chi connectivity index (χ1) is 12.6. The maximum Gasteiger partial charge on any atom is 0.262 e. The third-order valence-electron chi connectivity index (χ3n) is 3.89. The van der Waals surface area contributed by atoms with Crippen molar-refractivity contribution in [3.63, 3.8) is 0 Å². The van der Waals surface area contributed by atoms with Crippen LogP contribution >= 0.6 is 11.8 Å². The van der Waals surface area contributed by atoms with E-state index in [0.29, 0.717) is 40.1 Å². The minimum absolute atomic E-state index is 0.108. The second-order valence-electron chi connectivity index (χ2n) is 5.82. The van der Waals surface area contributed by atoms with Crippen molar-refractivity contribution in [1.82, 2.24) is 19.7 Å². The first-order valence-corrected chi connectivity index (χ1v) is 8.98. The SMILES string of the molecule is Cc1noc(C(C)Sc2nc3ccccc3c(=O)n2Cc2ccco2)n1. The molecule has 0 amide bonds. The number of benzene rings is 1. The first-order valence-electron chi connectivity index (χ1n) is 8.10. The van der Waals surface area contributed by atoms with Gasteiger partial charge in [0.1, 0.15) is 5.76 Å². The number of rotatable bonds is 5. The lowest BCUT2D eigenvalue weighted by Gasteiger charge is -2.14. The van der Waals surface area contributed by atoms with Crippen LogP contribution in [0.3, 0.4) is 0 Å². The summed E-state index contributed by atoms with van der Waals surface area (Å²) in [7, 11) is 0. The molecule has 0 fully saturated rings. The highest BCUT2D eigenvalue weighted by Gasteiger charge is 2.20. The van der Waals surface area contributed by atoms with E-state index in [1.54, 1.807) is 29.9 Å². The van der Waals surface area contributed by atoms with Crippen LogP contribution in [-0.4, -0.2) is 19.7 Å². The van der Waals surface area contributed by atoms with Gasteiger partial charge in [0.25, 0.3) is 5.56 Å². The zero-order chi connectivity index (χ0) is 18.1. The van der Waals surface area contributed by atoms with E-state index < -0.39 is 0 Å². The van der Waals surface area contributed by atoms with Crippen molar-refractivity contribution in [2.75, 3.05) is 0 Å². The van der Waals surface area contributed by atoms with Crippen LogP contribution in [-0.2, 0) is 6.54 Å². The fourth-order valence-electron chi connectivity index (χ4n) is 2.62. The molecule has 0 radical (unpaired) electrons. The molecule has 0 saturated heterocycles. The summed E-state index contributed by atoms with van der Waals surface area (Å²) in [5.41, 5.74) is 0.549. The zero-order valence-electron chi connectivity index (χ0n) is 14.2. The molecule has 26 heavy (non-hydrogen) atoms. The van der Waals surface area contributed by atoms with Gasteiger partial charge < -0.3 is 8.94 Å². The summed E-state index contributed by atoms with van der Waals surface area (Å²) in [5.74, 6) is 1.76. The maximum atomic E-state index is 13.0. The van der Waals surface area contributed by atoms with Gasteiger partial charge in [-0.2, -0.15) is 4.98 Å². The number of fused-ring (bicyclic) bond motifs is 1. The average molecular weight is 368 g/mol. The van der Waals surface area contributed by atoms with E-state index in [0.717, 1.165) is 0 Å². The minimum Gasteiger partial charge on any atom is -0.467 e. The average Bonchev–Trinajstić information content (AvgIpc) is 3.30. The van der Waals surface area contributed by atoms with Gasteiger partial charge in [0.05, 0.1) is 29.0 Å². The molecule has 1 aromatic carbocycles. The van der Waals surface area contributed by atoms with E-state index in [4.69, 9.17) is 8.94 Å².